The highest BCUT2D eigenvalue weighted by Crippen LogP contribution is 2.26. The predicted molar refractivity (Wildman–Crippen MR) is 68.8 cm³/mol. The van der Waals surface area contributed by atoms with Crippen LogP contribution >= 0.6 is 34.4 Å². The number of amides is 1. The van der Waals surface area contributed by atoms with Crippen LogP contribution < -0.4 is 0 Å². The summed E-state index contributed by atoms with van der Waals surface area (Å²) < 4.78 is 1.01. The Labute approximate surface area is 107 Å². The molecule has 0 spiro atoms. The van der Waals surface area contributed by atoms with Gasteiger partial charge in [0.25, 0.3) is 5.24 Å². The molecule has 0 radical (unpaired) electrons. The molecular weight excluding hydrogens is 323 g/mol. The zero-order valence-corrected chi connectivity index (χ0v) is 11.3. The quantitative estimate of drug-likeness (QED) is 0.587. The smallest absolute Gasteiger partial charge is 0.285 e. The van der Waals surface area contributed by atoms with E-state index in [4.69, 9.17) is 5.26 Å². The maximum absolute atomic E-state index is 11.5. The van der Waals surface area contributed by atoms with Crippen molar-refractivity contribution in [1.29, 1.82) is 5.26 Å². The first-order valence-electron chi connectivity index (χ1n) is 4.13. The Hall–Kier alpha value is -0.740. The lowest BCUT2D eigenvalue weighted by atomic mass is 10.2. The Balaban J connectivity index is 2.98. The molecule has 1 amide bonds. The molecule has 0 saturated heterocycles. The van der Waals surface area contributed by atoms with E-state index in [-0.39, 0.29) is 5.24 Å². The minimum absolute atomic E-state index is 0.0755. The number of thioether (sulfide) groups is 1. The van der Waals surface area contributed by atoms with Gasteiger partial charge >= 0.3 is 0 Å². The van der Waals surface area contributed by atoms with Crippen molar-refractivity contribution < 1.29 is 4.79 Å². The number of benzene rings is 1. The van der Waals surface area contributed by atoms with Gasteiger partial charge in [-0.3, -0.25) is 4.79 Å². The summed E-state index contributed by atoms with van der Waals surface area (Å²) >= 11 is 3.23. The van der Waals surface area contributed by atoms with E-state index in [1.165, 1.54) is 4.90 Å². The van der Waals surface area contributed by atoms with Gasteiger partial charge in [0.1, 0.15) is 6.07 Å². The number of hydrogen-bond donors (Lipinski definition) is 0. The molecule has 0 unspecified atom stereocenters. The lowest BCUT2D eigenvalue weighted by Gasteiger charge is -2.09. The fourth-order valence-electron chi connectivity index (χ4n) is 0.858. The van der Waals surface area contributed by atoms with Crippen LogP contribution in [0.5, 0.6) is 0 Å². The van der Waals surface area contributed by atoms with Crippen LogP contribution in [-0.4, -0.2) is 24.2 Å². The van der Waals surface area contributed by atoms with E-state index in [9.17, 15) is 4.79 Å². The number of rotatable bonds is 1. The average Bonchev–Trinajstić information content (AvgIpc) is 2.18. The van der Waals surface area contributed by atoms with Gasteiger partial charge in [-0.2, -0.15) is 5.26 Å². The molecule has 0 N–H and O–H groups in total. The van der Waals surface area contributed by atoms with Gasteiger partial charge in [0.15, 0.2) is 0 Å². The second kappa shape index (κ2) is 5.37. The van der Waals surface area contributed by atoms with Crippen LogP contribution in [0.4, 0.5) is 4.79 Å². The van der Waals surface area contributed by atoms with Crippen LogP contribution in [0.3, 0.4) is 0 Å². The van der Waals surface area contributed by atoms with Gasteiger partial charge in [-0.1, -0.05) is 0 Å². The van der Waals surface area contributed by atoms with Crippen LogP contribution in [0.25, 0.3) is 0 Å². The molecule has 1 aromatic carbocycles. The first kappa shape index (κ1) is 12.3. The van der Waals surface area contributed by atoms with Crippen molar-refractivity contribution in [2.24, 2.45) is 0 Å². The first-order chi connectivity index (χ1) is 7.04. The monoisotopic (exact) mass is 332 g/mol. The fourth-order valence-corrected chi connectivity index (χ4v) is 2.34. The van der Waals surface area contributed by atoms with Gasteiger partial charge in [0.05, 0.1) is 5.56 Å². The summed E-state index contributed by atoms with van der Waals surface area (Å²) in [5.41, 5.74) is 0.538. The molecule has 3 nitrogen and oxygen atoms in total. The molecule has 0 fully saturated rings. The number of halogens is 1. The number of nitrogens with zero attached hydrogens (tertiary/aromatic N) is 2. The predicted octanol–water partition coefficient (Wildman–Crippen LogP) is 2.94. The summed E-state index contributed by atoms with van der Waals surface area (Å²) in [6, 6.07) is 7.49. The Bertz CT molecular complexity index is 426. The van der Waals surface area contributed by atoms with Crippen LogP contribution in [0, 0.1) is 14.9 Å². The molecule has 0 bridgehead atoms. The van der Waals surface area contributed by atoms with Crippen molar-refractivity contribution in [2.75, 3.05) is 14.1 Å². The molecule has 0 aromatic heterocycles. The molecule has 5 heteroatoms. The lowest BCUT2D eigenvalue weighted by molar-refractivity contribution is 0.241. The maximum Gasteiger partial charge on any atom is 0.285 e. The summed E-state index contributed by atoms with van der Waals surface area (Å²) in [7, 11) is 3.38. The van der Waals surface area contributed by atoms with E-state index in [2.05, 4.69) is 28.7 Å². The Morgan fingerprint density at radius 1 is 1.53 bits per heavy atom. The molecule has 0 heterocycles. The molecule has 0 aliphatic carbocycles. The molecule has 0 aliphatic heterocycles. The lowest BCUT2D eigenvalue weighted by Crippen LogP contribution is -2.16. The summed E-state index contributed by atoms with van der Waals surface area (Å²) in [6.07, 6.45) is 0. The van der Waals surface area contributed by atoms with Gasteiger partial charge in [0.2, 0.25) is 0 Å². The molecule has 1 aromatic rings. The molecule has 0 saturated carbocycles. The molecule has 15 heavy (non-hydrogen) atoms. The van der Waals surface area contributed by atoms with E-state index in [0.717, 1.165) is 15.3 Å². The van der Waals surface area contributed by atoms with E-state index < -0.39 is 0 Å². The molecule has 0 atom stereocenters. The van der Waals surface area contributed by atoms with E-state index in [1.807, 2.05) is 12.1 Å². The number of hydrogen-bond acceptors (Lipinski definition) is 3. The van der Waals surface area contributed by atoms with Gasteiger partial charge < -0.3 is 4.90 Å². The molecule has 1 rings (SSSR count). The van der Waals surface area contributed by atoms with Crippen LogP contribution in [0.15, 0.2) is 23.1 Å². The van der Waals surface area contributed by atoms with Gasteiger partial charge in [-0.25, -0.2) is 0 Å². The van der Waals surface area contributed by atoms with Gasteiger partial charge in [0, 0.05) is 22.6 Å². The van der Waals surface area contributed by atoms with E-state index in [0.29, 0.717) is 10.5 Å². The Kier molecular flexibility index (Phi) is 4.42. The van der Waals surface area contributed by atoms with Crippen LogP contribution in [0.1, 0.15) is 5.56 Å². The summed E-state index contributed by atoms with van der Waals surface area (Å²) in [5.74, 6) is 0. The summed E-state index contributed by atoms with van der Waals surface area (Å²) in [5, 5.41) is 8.79. The first-order valence-corrected chi connectivity index (χ1v) is 6.03. The third kappa shape index (κ3) is 3.39. The van der Waals surface area contributed by atoms with Gasteiger partial charge in [-0.15, -0.1) is 0 Å². The second-order valence-electron chi connectivity index (χ2n) is 3.01. The Morgan fingerprint density at radius 3 is 2.73 bits per heavy atom. The largest absolute Gasteiger partial charge is 0.339 e. The molecule has 78 valence electrons. The number of carbonyl (C=O) groups excluding carboxylic acids is 1. The standard InChI is InChI=1S/C10H9IN2OS/c1-13(2)10(14)15-9-5-8(11)4-3-7(9)6-12/h3-5H,1-2H3. The number of nitriles is 1. The maximum atomic E-state index is 11.5. The average molecular weight is 332 g/mol. The second-order valence-corrected chi connectivity index (χ2v) is 5.25. The van der Waals surface area contributed by atoms with Crippen LogP contribution in [-0.2, 0) is 0 Å². The SMILES string of the molecule is CN(C)C(=O)Sc1cc(I)ccc1C#N. The summed E-state index contributed by atoms with van der Waals surface area (Å²) in [4.78, 5) is 13.7. The van der Waals surface area contributed by atoms with E-state index >= 15 is 0 Å². The third-order valence-electron chi connectivity index (χ3n) is 1.63. The fraction of sp³-hybridized carbons (Fsp3) is 0.200. The highest BCUT2D eigenvalue weighted by molar-refractivity contribution is 14.1. The van der Waals surface area contributed by atoms with E-state index in [1.54, 1.807) is 20.2 Å². The highest BCUT2D eigenvalue weighted by atomic mass is 127. The number of carbonyl (C=O) groups is 1. The van der Waals surface area contributed by atoms with Crippen LogP contribution in [0.2, 0.25) is 0 Å². The topological polar surface area (TPSA) is 44.1 Å². The highest BCUT2D eigenvalue weighted by Gasteiger charge is 2.10. The molecular formula is C10H9IN2OS. The van der Waals surface area contributed by atoms with Crippen molar-refractivity contribution in [3.8, 4) is 6.07 Å². The summed E-state index contributed by atoms with van der Waals surface area (Å²) in [6.45, 7) is 0. The zero-order chi connectivity index (χ0) is 11.4. The minimum atomic E-state index is -0.0755. The van der Waals surface area contributed by atoms with Crippen molar-refractivity contribution in [3.05, 3.63) is 27.3 Å². The van der Waals surface area contributed by atoms with Gasteiger partial charge in [-0.05, 0) is 52.6 Å². The van der Waals surface area contributed by atoms with Crippen molar-refractivity contribution in [1.82, 2.24) is 4.90 Å². The van der Waals surface area contributed by atoms with Crippen molar-refractivity contribution in [2.45, 2.75) is 4.90 Å². The normalized spacial score (nSPS) is 9.47. The van der Waals surface area contributed by atoms with Crippen molar-refractivity contribution in [3.63, 3.8) is 0 Å². The molecule has 0 aliphatic rings. The minimum Gasteiger partial charge on any atom is -0.339 e. The van der Waals surface area contributed by atoms with Crippen molar-refractivity contribution >= 4 is 39.6 Å². The Morgan fingerprint density at radius 2 is 2.20 bits per heavy atom. The zero-order valence-electron chi connectivity index (χ0n) is 8.32. The third-order valence-corrected chi connectivity index (χ3v) is 3.39.